The Labute approximate surface area is 141 Å². The molecule has 122 valence electrons. The van der Waals surface area contributed by atoms with Gasteiger partial charge in [-0.25, -0.2) is 9.97 Å². The molecule has 0 aliphatic carbocycles. The van der Waals surface area contributed by atoms with Crippen molar-refractivity contribution in [3.8, 4) is 0 Å². The second-order valence-electron chi connectivity index (χ2n) is 5.08. The van der Waals surface area contributed by atoms with Crippen molar-refractivity contribution in [2.24, 2.45) is 0 Å². The summed E-state index contributed by atoms with van der Waals surface area (Å²) in [4.78, 5) is 22.3. The quantitative estimate of drug-likeness (QED) is 0.845. The molecule has 0 unspecified atom stereocenters. The number of benzene rings is 1. The van der Waals surface area contributed by atoms with Gasteiger partial charge in [-0.15, -0.1) is 0 Å². The number of hydrogen-bond donors (Lipinski definition) is 1. The lowest BCUT2D eigenvalue weighted by molar-refractivity contribution is 0.0772. The number of nitrogens with zero attached hydrogens (tertiary/aromatic N) is 3. The van der Waals surface area contributed by atoms with Gasteiger partial charge in [-0.2, -0.15) is 0 Å². The molecule has 6 heteroatoms. The average molecular weight is 333 g/mol. The highest BCUT2D eigenvalue weighted by molar-refractivity contribution is 6.30. The molecule has 1 aromatic carbocycles. The zero-order valence-electron chi connectivity index (χ0n) is 13.4. The molecule has 0 aliphatic rings. The summed E-state index contributed by atoms with van der Waals surface area (Å²) in [6.07, 6.45) is 3.98. The Bertz CT molecular complexity index is 624. The molecule has 1 heterocycles. The van der Waals surface area contributed by atoms with Crippen molar-refractivity contribution >= 4 is 23.5 Å². The monoisotopic (exact) mass is 332 g/mol. The number of halogens is 1. The van der Waals surface area contributed by atoms with Gasteiger partial charge in [-0.1, -0.05) is 23.7 Å². The number of hydrogen-bond acceptors (Lipinski definition) is 4. The van der Waals surface area contributed by atoms with Crippen LogP contribution in [-0.2, 0) is 6.42 Å². The van der Waals surface area contributed by atoms with Gasteiger partial charge in [-0.3, -0.25) is 4.79 Å². The maximum Gasteiger partial charge on any atom is 0.256 e. The second kappa shape index (κ2) is 8.48. The summed E-state index contributed by atoms with van der Waals surface area (Å²) >= 11 is 5.86. The van der Waals surface area contributed by atoms with Crippen molar-refractivity contribution in [2.75, 3.05) is 25.0 Å². The van der Waals surface area contributed by atoms with Crippen LogP contribution >= 0.6 is 11.6 Å². The molecule has 0 radical (unpaired) electrons. The van der Waals surface area contributed by atoms with E-state index in [4.69, 9.17) is 11.6 Å². The topological polar surface area (TPSA) is 58.1 Å². The van der Waals surface area contributed by atoms with Gasteiger partial charge in [0, 0.05) is 37.1 Å². The van der Waals surface area contributed by atoms with Crippen molar-refractivity contribution in [2.45, 2.75) is 20.3 Å². The van der Waals surface area contributed by atoms with E-state index >= 15 is 0 Å². The fourth-order valence-electron chi connectivity index (χ4n) is 2.19. The van der Waals surface area contributed by atoms with Gasteiger partial charge >= 0.3 is 0 Å². The van der Waals surface area contributed by atoms with Gasteiger partial charge in [-0.05, 0) is 38.0 Å². The predicted octanol–water partition coefficient (Wildman–Crippen LogP) is 3.27. The highest BCUT2D eigenvalue weighted by Gasteiger charge is 2.13. The number of rotatable bonds is 7. The molecule has 23 heavy (non-hydrogen) atoms. The van der Waals surface area contributed by atoms with Crippen LogP contribution in [0.25, 0.3) is 0 Å². The first-order chi connectivity index (χ1) is 11.1. The second-order valence-corrected chi connectivity index (χ2v) is 5.51. The van der Waals surface area contributed by atoms with Crippen LogP contribution in [0.2, 0.25) is 5.02 Å². The van der Waals surface area contributed by atoms with Crippen LogP contribution in [0, 0.1) is 0 Å². The molecule has 5 nitrogen and oxygen atoms in total. The number of carbonyl (C=O) groups excluding carboxylic acids is 1. The SMILES string of the molecule is CCN(CC)C(=O)c1cnc(NCCc2ccc(Cl)cc2)nc1. The molecule has 2 rings (SSSR count). The first-order valence-electron chi connectivity index (χ1n) is 7.73. The lowest BCUT2D eigenvalue weighted by Crippen LogP contribution is -2.30. The summed E-state index contributed by atoms with van der Waals surface area (Å²) in [5.74, 6) is 0.484. The number of anilines is 1. The van der Waals surface area contributed by atoms with Gasteiger partial charge < -0.3 is 10.2 Å². The molecule has 0 spiro atoms. The lowest BCUT2D eigenvalue weighted by atomic mass is 10.1. The molecule has 0 aliphatic heterocycles. The van der Waals surface area contributed by atoms with Crippen molar-refractivity contribution in [1.29, 1.82) is 0 Å². The molecular formula is C17H21ClN4O. The van der Waals surface area contributed by atoms with E-state index in [1.807, 2.05) is 38.1 Å². The summed E-state index contributed by atoms with van der Waals surface area (Å²) in [5, 5.41) is 3.89. The van der Waals surface area contributed by atoms with E-state index in [9.17, 15) is 4.79 Å². The van der Waals surface area contributed by atoms with Crippen molar-refractivity contribution < 1.29 is 4.79 Å². The summed E-state index contributed by atoms with van der Waals surface area (Å²) in [7, 11) is 0. The van der Waals surface area contributed by atoms with E-state index in [2.05, 4.69) is 15.3 Å². The van der Waals surface area contributed by atoms with Gasteiger partial charge in [0.15, 0.2) is 0 Å². The van der Waals surface area contributed by atoms with E-state index in [1.165, 1.54) is 5.56 Å². The van der Waals surface area contributed by atoms with Crippen LogP contribution in [0.15, 0.2) is 36.7 Å². The van der Waals surface area contributed by atoms with E-state index < -0.39 is 0 Å². The molecule has 0 saturated heterocycles. The Kier molecular flexibility index (Phi) is 6.35. The molecular weight excluding hydrogens is 312 g/mol. The smallest absolute Gasteiger partial charge is 0.256 e. The highest BCUT2D eigenvalue weighted by Crippen LogP contribution is 2.10. The van der Waals surface area contributed by atoms with Crippen LogP contribution in [0.5, 0.6) is 0 Å². The molecule has 0 bridgehead atoms. The summed E-state index contributed by atoms with van der Waals surface area (Å²) < 4.78 is 0. The predicted molar refractivity (Wildman–Crippen MR) is 92.9 cm³/mol. The Morgan fingerprint density at radius 2 is 1.74 bits per heavy atom. The summed E-state index contributed by atoms with van der Waals surface area (Å²) in [5.41, 5.74) is 1.70. The Hall–Kier alpha value is -2.14. The normalized spacial score (nSPS) is 10.4. The van der Waals surface area contributed by atoms with Crippen molar-refractivity contribution in [1.82, 2.24) is 14.9 Å². The minimum Gasteiger partial charge on any atom is -0.354 e. The van der Waals surface area contributed by atoms with Gasteiger partial charge in [0.05, 0.1) is 5.56 Å². The van der Waals surface area contributed by atoms with Gasteiger partial charge in [0.1, 0.15) is 0 Å². The first kappa shape index (κ1) is 17.2. The van der Waals surface area contributed by atoms with Gasteiger partial charge in [0.2, 0.25) is 5.95 Å². The van der Waals surface area contributed by atoms with Crippen molar-refractivity contribution in [3.05, 3.63) is 52.8 Å². The van der Waals surface area contributed by atoms with E-state index in [1.54, 1.807) is 17.3 Å². The molecule has 1 amide bonds. The van der Waals surface area contributed by atoms with Crippen LogP contribution in [0.3, 0.4) is 0 Å². The fraction of sp³-hybridized carbons (Fsp3) is 0.353. The van der Waals surface area contributed by atoms with Crippen LogP contribution < -0.4 is 5.32 Å². The number of amides is 1. The van der Waals surface area contributed by atoms with Crippen LogP contribution in [0.1, 0.15) is 29.8 Å². The first-order valence-corrected chi connectivity index (χ1v) is 8.11. The number of aromatic nitrogens is 2. The summed E-state index contributed by atoms with van der Waals surface area (Å²) in [6, 6.07) is 7.75. The third-order valence-electron chi connectivity index (χ3n) is 3.56. The minimum atomic E-state index is -0.0392. The fourth-order valence-corrected chi connectivity index (χ4v) is 2.32. The van der Waals surface area contributed by atoms with E-state index in [0.717, 1.165) is 11.4 Å². The lowest BCUT2D eigenvalue weighted by Gasteiger charge is -2.18. The van der Waals surface area contributed by atoms with Crippen LogP contribution in [-0.4, -0.2) is 40.4 Å². The number of nitrogens with one attached hydrogen (secondary N) is 1. The summed E-state index contributed by atoms with van der Waals surface area (Å²) in [6.45, 7) is 5.97. The molecule has 1 N–H and O–H groups in total. The Morgan fingerprint density at radius 3 is 2.30 bits per heavy atom. The molecule has 2 aromatic rings. The maximum absolute atomic E-state index is 12.2. The zero-order chi connectivity index (χ0) is 16.7. The molecule has 0 atom stereocenters. The number of carbonyl (C=O) groups is 1. The third kappa shape index (κ3) is 4.93. The average Bonchev–Trinajstić information content (AvgIpc) is 2.58. The van der Waals surface area contributed by atoms with Gasteiger partial charge in [0.25, 0.3) is 5.91 Å². The van der Waals surface area contributed by atoms with E-state index in [-0.39, 0.29) is 5.91 Å². The van der Waals surface area contributed by atoms with E-state index in [0.29, 0.717) is 31.1 Å². The zero-order valence-corrected chi connectivity index (χ0v) is 14.2. The Morgan fingerprint density at radius 1 is 1.13 bits per heavy atom. The van der Waals surface area contributed by atoms with Crippen molar-refractivity contribution in [3.63, 3.8) is 0 Å². The Balaban J connectivity index is 1.87. The van der Waals surface area contributed by atoms with Crippen LogP contribution in [0.4, 0.5) is 5.95 Å². The third-order valence-corrected chi connectivity index (χ3v) is 3.81. The minimum absolute atomic E-state index is 0.0392. The molecule has 0 fully saturated rings. The maximum atomic E-state index is 12.2. The standard InChI is InChI=1S/C17H21ClN4O/c1-3-22(4-2)16(23)14-11-20-17(21-12-14)19-10-9-13-5-7-15(18)8-6-13/h5-8,11-12H,3-4,9-10H2,1-2H3,(H,19,20,21). The molecule has 0 saturated carbocycles. The highest BCUT2D eigenvalue weighted by atomic mass is 35.5. The molecule has 1 aromatic heterocycles. The largest absolute Gasteiger partial charge is 0.354 e.